The highest BCUT2D eigenvalue weighted by molar-refractivity contribution is 5.94. The normalized spacial score (nSPS) is 13.8. The van der Waals surface area contributed by atoms with Crippen LogP contribution in [0.1, 0.15) is 11.1 Å². The van der Waals surface area contributed by atoms with Crippen LogP contribution in [0.3, 0.4) is 0 Å². The molecule has 5 rings (SSSR count). The molecule has 0 unspecified atom stereocenters. The van der Waals surface area contributed by atoms with Crippen LogP contribution in [0.15, 0.2) is 71.5 Å². The quantitative estimate of drug-likeness (QED) is 0.498. The van der Waals surface area contributed by atoms with Gasteiger partial charge in [0.25, 0.3) is 5.56 Å². The van der Waals surface area contributed by atoms with E-state index >= 15 is 0 Å². The van der Waals surface area contributed by atoms with Crippen LogP contribution in [0.25, 0.3) is 27.7 Å². The fourth-order valence-electron chi connectivity index (χ4n) is 4.18. The SMILES string of the molecule is Cc1cccc(-c2nn(-c3ccc(C#N)c(N4CCOCC4)c3)c(=O)c3ccccc23)c1. The maximum absolute atomic E-state index is 13.4. The molecule has 32 heavy (non-hydrogen) atoms. The lowest BCUT2D eigenvalue weighted by molar-refractivity contribution is 0.122. The van der Waals surface area contributed by atoms with Crippen LogP contribution in [0, 0.1) is 18.3 Å². The fourth-order valence-corrected chi connectivity index (χ4v) is 4.18. The molecule has 158 valence electrons. The molecule has 1 fully saturated rings. The number of nitriles is 1. The maximum Gasteiger partial charge on any atom is 0.279 e. The van der Waals surface area contributed by atoms with Crippen LogP contribution < -0.4 is 10.5 Å². The summed E-state index contributed by atoms with van der Waals surface area (Å²) < 4.78 is 6.91. The molecule has 1 aliphatic heterocycles. The highest BCUT2D eigenvalue weighted by Crippen LogP contribution is 2.28. The van der Waals surface area contributed by atoms with Crippen LogP contribution in [0.2, 0.25) is 0 Å². The number of aromatic nitrogens is 2. The van der Waals surface area contributed by atoms with Crippen LogP contribution >= 0.6 is 0 Å². The average Bonchev–Trinajstić information content (AvgIpc) is 2.84. The molecule has 0 amide bonds. The largest absolute Gasteiger partial charge is 0.378 e. The Kier molecular flexibility index (Phi) is 5.18. The minimum Gasteiger partial charge on any atom is -0.378 e. The van der Waals surface area contributed by atoms with Gasteiger partial charge in [0.15, 0.2) is 0 Å². The Morgan fingerprint density at radius 2 is 1.75 bits per heavy atom. The van der Waals surface area contributed by atoms with E-state index < -0.39 is 0 Å². The number of anilines is 1. The number of hydrogen-bond donors (Lipinski definition) is 0. The van der Waals surface area contributed by atoms with Crippen molar-refractivity contribution < 1.29 is 4.74 Å². The van der Waals surface area contributed by atoms with Gasteiger partial charge in [-0.1, -0.05) is 42.0 Å². The third-order valence-corrected chi connectivity index (χ3v) is 5.79. The zero-order valence-electron chi connectivity index (χ0n) is 17.8. The van der Waals surface area contributed by atoms with Gasteiger partial charge >= 0.3 is 0 Å². The van der Waals surface area contributed by atoms with Gasteiger partial charge in [-0.25, -0.2) is 0 Å². The summed E-state index contributed by atoms with van der Waals surface area (Å²) in [6.45, 7) is 4.66. The molecular formula is C26H22N4O2. The monoisotopic (exact) mass is 422 g/mol. The first-order chi connectivity index (χ1) is 15.7. The van der Waals surface area contributed by atoms with E-state index in [4.69, 9.17) is 9.84 Å². The molecule has 0 bridgehead atoms. The van der Waals surface area contributed by atoms with Crippen molar-refractivity contribution in [1.29, 1.82) is 5.26 Å². The van der Waals surface area contributed by atoms with Crippen molar-refractivity contribution in [3.05, 3.63) is 88.2 Å². The molecular weight excluding hydrogens is 400 g/mol. The van der Waals surface area contributed by atoms with Gasteiger partial charge < -0.3 is 9.64 Å². The van der Waals surface area contributed by atoms with Crippen LogP contribution in [-0.2, 0) is 4.74 Å². The molecule has 6 nitrogen and oxygen atoms in total. The van der Waals surface area contributed by atoms with E-state index in [1.54, 1.807) is 12.1 Å². The number of fused-ring (bicyclic) bond motifs is 1. The van der Waals surface area contributed by atoms with Gasteiger partial charge in [0.2, 0.25) is 0 Å². The molecule has 0 atom stereocenters. The van der Waals surface area contributed by atoms with Crippen LogP contribution in [0.5, 0.6) is 0 Å². The molecule has 0 aliphatic carbocycles. The lowest BCUT2D eigenvalue weighted by Crippen LogP contribution is -2.36. The minimum absolute atomic E-state index is 0.186. The van der Waals surface area contributed by atoms with Crippen molar-refractivity contribution in [3.63, 3.8) is 0 Å². The standard InChI is InChI=1S/C26H22N4O2/c1-18-5-4-6-19(15-18)25-22-7-2-3-8-23(22)26(31)30(28-25)21-10-9-20(17-27)24(16-21)29-11-13-32-14-12-29/h2-10,15-16H,11-14H2,1H3. The zero-order chi connectivity index (χ0) is 22.1. The lowest BCUT2D eigenvalue weighted by atomic mass is 10.0. The van der Waals surface area contributed by atoms with Crippen molar-refractivity contribution in [2.45, 2.75) is 6.92 Å². The highest BCUT2D eigenvalue weighted by atomic mass is 16.5. The molecule has 2 heterocycles. The summed E-state index contributed by atoms with van der Waals surface area (Å²) in [4.78, 5) is 15.5. The molecule has 1 aliphatic rings. The molecule has 1 saturated heterocycles. The summed E-state index contributed by atoms with van der Waals surface area (Å²) in [6, 6.07) is 23.4. The van der Waals surface area contributed by atoms with E-state index in [0.29, 0.717) is 42.9 Å². The van der Waals surface area contributed by atoms with E-state index in [1.807, 2.05) is 55.5 Å². The van der Waals surface area contributed by atoms with Crippen LogP contribution in [0.4, 0.5) is 5.69 Å². The fraction of sp³-hybridized carbons (Fsp3) is 0.192. The first kappa shape index (κ1) is 20.0. The molecule has 0 saturated carbocycles. The molecule has 0 N–H and O–H groups in total. The number of morpholine rings is 1. The van der Waals surface area contributed by atoms with E-state index in [9.17, 15) is 10.1 Å². The molecule has 4 aromatic rings. The Bertz CT molecular complexity index is 1410. The van der Waals surface area contributed by atoms with Gasteiger partial charge in [-0.3, -0.25) is 4.79 Å². The third-order valence-electron chi connectivity index (χ3n) is 5.79. The zero-order valence-corrected chi connectivity index (χ0v) is 17.8. The molecule has 3 aromatic carbocycles. The van der Waals surface area contributed by atoms with Crippen molar-refractivity contribution in [1.82, 2.24) is 9.78 Å². The van der Waals surface area contributed by atoms with Gasteiger partial charge in [0, 0.05) is 24.0 Å². The highest BCUT2D eigenvalue weighted by Gasteiger charge is 2.18. The van der Waals surface area contributed by atoms with Gasteiger partial charge in [-0.15, -0.1) is 0 Å². The molecule has 6 heteroatoms. The van der Waals surface area contributed by atoms with E-state index in [-0.39, 0.29) is 5.56 Å². The third kappa shape index (κ3) is 3.53. The second-order valence-electron chi connectivity index (χ2n) is 7.89. The number of hydrogen-bond acceptors (Lipinski definition) is 5. The molecule has 0 spiro atoms. The summed E-state index contributed by atoms with van der Waals surface area (Å²) in [7, 11) is 0. The number of rotatable bonds is 3. The first-order valence-electron chi connectivity index (χ1n) is 10.6. The second kappa shape index (κ2) is 8.29. The Hall–Kier alpha value is -3.95. The van der Waals surface area contributed by atoms with Gasteiger partial charge in [-0.05, 0) is 37.3 Å². The van der Waals surface area contributed by atoms with E-state index in [1.165, 1.54) is 4.68 Å². The molecule has 0 radical (unpaired) electrons. The van der Waals surface area contributed by atoms with Crippen molar-refractivity contribution in [3.8, 4) is 23.0 Å². The molecule has 1 aromatic heterocycles. The number of aryl methyl sites for hydroxylation is 1. The average molecular weight is 422 g/mol. The topological polar surface area (TPSA) is 71.2 Å². The lowest BCUT2D eigenvalue weighted by Gasteiger charge is -2.29. The number of benzene rings is 3. The summed E-state index contributed by atoms with van der Waals surface area (Å²) in [6.07, 6.45) is 0. The predicted octanol–water partition coefficient (Wildman–Crippen LogP) is 4.07. The first-order valence-corrected chi connectivity index (χ1v) is 10.6. The van der Waals surface area contributed by atoms with Gasteiger partial charge in [0.05, 0.1) is 41.2 Å². The van der Waals surface area contributed by atoms with Crippen LogP contribution in [-0.4, -0.2) is 36.1 Å². The van der Waals surface area contributed by atoms with Crippen molar-refractivity contribution >= 4 is 16.5 Å². The Labute approximate surface area is 185 Å². The smallest absolute Gasteiger partial charge is 0.279 e. The summed E-state index contributed by atoms with van der Waals surface area (Å²) in [5.41, 5.74) is 4.65. The second-order valence-corrected chi connectivity index (χ2v) is 7.89. The summed E-state index contributed by atoms with van der Waals surface area (Å²) >= 11 is 0. The van der Waals surface area contributed by atoms with Gasteiger partial charge in [-0.2, -0.15) is 15.0 Å². The number of ether oxygens (including phenoxy) is 1. The van der Waals surface area contributed by atoms with E-state index in [0.717, 1.165) is 27.9 Å². The Balaban J connectivity index is 1.74. The predicted molar refractivity (Wildman–Crippen MR) is 125 cm³/mol. The Morgan fingerprint density at radius 3 is 2.50 bits per heavy atom. The summed E-state index contributed by atoms with van der Waals surface area (Å²) in [5.74, 6) is 0. The van der Waals surface area contributed by atoms with Crippen molar-refractivity contribution in [2.75, 3.05) is 31.2 Å². The maximum atomic E-state index is 13.4. The minimum atomic E-state index is -0.186. The number of nitrogens with zero attached hydrogens (tertiary/aromatic N) is 4. The van der Waals surface area contributed by atoms with Crippen molar-refractivity contribution in [2.24, 2.45) is 0 Å². The van der Waals surface area contributed by atoms with E-state index in [2.05, 4.69) is 17.0 Å². The summed E-state index contributed by atoms with van der Waals surface area (Å²) in [5, 5.41) is 15.9. The Morgan fingerprint density at radius 1 is 0.969 bits per heavy atom. The van der Waals surface area contributed by atoms with Gasteiger partial charge in [0.1, 0.15) is 6.07 Å².